The molecule has 0 amide bonds. The summed E-state index contributed by atoms with van der Waals surface area (Å²) in [5.74, 6) is 0. The first-order chi connectivity index (χ1) is 5.06. The van der Waals surface area contributed by atoms with Crippen molar-refractivity contribution >= 4 is 12.4 Å². The quantitative estimate of drug-likeness (QED) is 0.542. The second kappa shape index (κ2) is 4.83. The van der Waals surface area contributed by atoms with Crippen molar-refractivity contribution in [2.24, 2.45) is 15.4 Å². The second-order valence-electron chi connectivity index (χ2n) is 3.39. The standard InChI is InChI=1S/C9H16N2/c1-9(2,3)5-6-11-8-7-10-4/h5-8H,1-4H3/b6-5+,10-7-,11-8-. The van der Waals surface area contributed by atoms with Crippen LogP contribution in [0.1, 0.15) is 20.8 Å². The van der Waals surface area contributed by atoms with E-state index in [1.807, 2.05) is 6.08 Å². The van der Waals surface area contributed by atoms with Crippen molar-refractivity contribution in [3.63, 3.8) is 0 Å². The van der Waals surface area contributed by atoms with Crippen LogP contribution in [-0.4, -0.2) is 19.5 Å². The maximum atomic E-state index is 3.99. The minimum absolute atomic E-state index is 0.209. The van der Waals surface area contributed by atoms with Crippen LogP contribution in [0.25, 0.3) is 0 Å². The highest BCUT2D eigenvalue weighted by molar-refractivity contribution is 6.16. The van der Waals surface area contributed by atoms with Gasteiger partial charge in [0.05, 0.1) is 0 Å². The molecule has 0 aromatic rings. The molecular weight excluding hydrogens is 136 g/mol. The summed E-state index contributed by atoms with van der Waals surface area (Å²) >= 11 is 0. The number of nitrogens with zero attached hydrogens (tertiary/aromatic N) is 2. The van der Waals surface area contributed by atoms with Crippen LogP contribution in [0, 0.1) is 5.41 Å². The molecule has 0 aliphatic carbocycles. The van der Waals surface area contributed by atoms with E-state index >= 15 is 0 Å². The van der Waals surface area contributed by atoms with Crippen LogP contribution in [0.15, 0.2) is 22.3 Å². The van der Waals surface area contributed by atoms with Gasteiger partial charge in [-0.25, -0.2) is 0 Å². The Bertz CT molecular complexity index is 170. The molecule has 2 nitrogen and oxygen atoms in total. The zero-order chi connectivity index (χ0) is 8.74. The first-order valence-corrected chi connectivity index (χ1v) is 3.68. The van der Waals surface area contributed by atoms with Crippen LogP contribution in [0.4, 0.5) is 0 Å². The van der Waals surface area contributed by atoms with Crippen molar-refractivity contribution in [1.82, 2.24) is 0 Å². The van der Waals surface area contributed by atoms with Gasteiger partial charge in [0, 0.05) is 25.7 Å². The van der Waals surface area contributed by atoms with Gasteiger partial charge >= 0.3 is 0 Å². The minimum atomic E-state index is 0.209. The Hall–Kier alpha value is -0.920. The molecule has 0 fully saturated rings. The van der Waals surface area contributed by atoms with Crippen LogP contribution in [-0.2, 0) is 0 Å². The van der Waals surface area contributed by atoms with Crippen molar-refractivity contribution in [3.05, 3.63) is 12.3 Å². The zero-order valence-electron chi connectivity index (χ0n) is 7.70. The highest BCUT2D eigenvalue weighted by Crippen LogP contribution is 2.13. The van der Waals surface area contributed by atoms with Gasteiger partial charge < -0.3 is 0 Å². The van der Waals surface area contributed by atoms with E-state index in [2.05, 4.69) is 30.8 Å². The molecule has 0 aromatic heterocycles. The number of aliphatic imine (C=N–C) groups is 2. The number of hydrogen-bond acceptors (Lipinski definition) is 2. The van der Waals surface area contributed by atoms with Crippen LogP contribution in [0.5, 0.6) is 0 Å². The smallest absolute Gasteiger partial charge is 0.0446 e. The number of allylic oxidation sites excluding steroid dienone is 1. The molecule has 0 aromatic carbocycles. The van der Waals surface area contributed by atoms with Gasteiger partial charge in [0.2, 0.25) is 0 Å². The summed E-state index contributed by atoms with van der Waals surface area (Å²) in [6, 6.07) is 0. The molecule has 0 atom stereocenters. The van der Waals surface area contributed by atoms with Crippen molar-refractivity contribution in [2.75, 3.05) is 7.05 Å². The van der Waals surface area contributed by atoms with E-state index in [4.69, 9.17) is 0 Å². The van der Waals surface area contributed by atoms with E-state index in [0.29, 0.717) is 0 Å². The van der Waals surface area contributed by atoms with Gasteiger partial charge in [0.25, 0.3) is 0 Å². The molecule has 0 saturated carbocycles. The largest absolute Gasteiger partial charge is 0.295 e. The lowest BCUT2D eigenvalue weighted by molar-refractivity contribution is 0.543. The third-order valence-corrected chi connectivity index (χ3v) is 0.962. The van der Waals surface area contributed by atoms with E-state index in [-0.39, 0.29) is 5.41 Å². The molecule has 0 aliphatic heterocycles. The van der Waals surface area contributed by atoms with E-state index in [9.17, 15) is 0 Å². The lowest BCUT2D eigenvalue weighted by Crippen LogP contribution is -1.97. The maximum absolute atomic E-state index is 3.99. The molecule has 2 heteroatoms. The number of hydrogen-bond donors (Lipinski definition) is 0. The summed E-state index contributed by atoms with van der Waals surface area (Å²) in [6.45, 7) is 6.40. The Morgan fingerprint density at radius 3 is 2.18 bits per heavy atom. The lowest BCUT2D eigenvalue weighted by atomic mass is 9.97. The molecule has 0 bridgehead atoms. The Balaban J connectivity index is 3.78. The Labute approximate surface area is 68.8 Å². The highest BCUT2D eigenvalue weighted by atomic mass is 14.7. The molecule has 0 heterocycles. The molecule has 62 valence electrons. The van der Waals surface area contributed by atoms with E-state index in [1.165, 1.54) is 0 Å². The first-order valence-electron chi connectivity index (χ1n) is 3.68. The molecule has 0 unspecified atom stereocenters. The van der Waals surface area contributed by atoms with Gasteiger partial charge in [-0.15, -0.1) is 0 Å². The fraction of sp³-hybridized carbons (Fsp3) is 0.556. The fourth-order valence-electron chi connectivity index (χ4n) is 0.421. The van der Waals surface area contributed by atoms with Gasteiger partial charge in [-0.1, -0.05) is 26.8 Å². The predicted molar refractivity (Wildman–Crippen MR) is 51.5 cm³/mol. The van der Waals surface area contributed by atoms with E-state index in [1.54, 1.807) is 25.7 Å². The molecule has 11 heavy (non-hydrogen) atoms. The Morgan fingerprint density at radius 2 is 1.73 bits per heavy atom. The molecule has 0 rings (SSSR count). The van der Waals surface area contributed by atoms with Crippen LogP contribution in [0.2, 0.25) is 0 Å². The minimum Gasteiger partial charge on any atom is -0.295 e. The summed E-state index contributed by atoms with van der Waals surface area (Å²) in [5.41, 5.74) is 0.209. The first kappa shape index (κ1) is 10.1. The summed E-state index contributed by atoms with van der Waals surface area (Å²) in [7, 11) is 1.72. The summed E-state index contributed by atoms with van der Waals surface area (Å²) < 4.78 is 0. The third-order valence-electron chi connectivity index (χ3n) is 0.962. The lowest BCUT2D eigenvalue weighted by Gasteiger charge is -2.09. The molecule has 0 radical (unpaired) electrons. The topological polar surface area (TPSA) is 24.7 Å². The van der Waals surface area contributed by atoms with Gasteiger partial charge in [-0.05, 0) is 5.41 Å². The fourth-order valence-corrected chi connectivity index (χ4v) is 0.421. The van der Waals surface area contributed by atoms with Gasteiger partial charge in [-0.3, -0.25) is 9.98 Å². The van der Waals surface area contributed by atoms with E-state index in [0.717, 1.165) is 0 Å². The maximum Gasteiger partial charge on any atom is 0.0446 e. The monoisotopic (exact) mass is 152 g/mol. The normalized spacial score (nSPS) is 14.2. The average Bonchev–Trinajstić information content (AvgIpc) is 1.85. The molecule has 0 spiro atoms. The van der Waals surface area contributed by atoms with Crippen LogP contribution >= 0.6 is 0 Å². The summed E-state index contributed by atoms with van der Waals surface area (Å²) in [6.07, 6.45) is 7.17. The van der Waals surface area contributed by atoms with Crippen molar-refractivity contribution in [2.45, 2.75) is 20.8 Å². The van der Waals surface area contributed by atoms with Crippen LogP contribution in [0.3, 0.4) is 0 Å². The zero-order valence-corrected chi connectivity index (χ0v) is 7.70. The number of rotatable bonds is 2. The second-order valence-corrected chi connectivity index (χ2v) is 3.39. The van der Waals surface area contributed by atoms with Gasteiger partial charge in [-0.2, -0.15) is 0 Å². The van der Waals surface area contributed by atoms with Crippen LogP contribution < -0.4 is 0 Å². The summed E-state index contributed by atoms with van der Waals surface area (Å²) in [5, 5.41) is 0. The average molecular weight is 152 g/mol. The molecule has 0 saturated heterocycles. The third kappa shape index (κ3) is 9.08. The van der Waals surface area contributed by atoms with Gasteiger partial charge in [0.1, 0.15) is 0 Å². The van der Waals surface area contributed by atoms with E-state index < -0.39 is 0 Å². The van der Waals surface area contributed by atoms with Crippen molar-refractivity contribution in [3.8, 4) is 0 Å². The molecular formula is C9H16N2. The predicted octanol–water partition coefficient (Wildman–Crippen LogP) is 2.32. The summed E-state index contributed by atoms with van der Waals surface area (Å²) in [4.78, 5) is 7.75. The Morgan fingerprint density at radius 1 is 1.09 bits per heavy atom. The van der Waals surface area contributed by atoms with Crippen molar-refractivity contribution in [1.29, 1.82) is 0 Å². The Kier molecular flexibility index (Phi) is 4.42. The SMILES string of the molecule is C\N=C/C=N\C=C\C(C)(C)C. The molecule has 0 N–H and O–H groups in total. The van der Waals surface area contributed by atoms with Crippen molar-refractivity contribution < 1.29 is 0 Å². The molecule has 0 aliphatic rings. The highest BCUT2D eigenvalue weighted by Gasteiger charge is 2.01. The van der Waals surface area contributed by atoms with Gasteiger partial charge in [0.15, 0.2) is 0 Å².